The van der Waals surface area contributed by atoms with Gasteiger partial charge in [-0.25, -0.2) is 8.42 Å². The number of hydrogen-bond acceptors (Lipinski definition) is 3. The highest BCUT2D eigenvalue weighted by Gasteiger charge is 2.11. The molecule has 0 radical (unpaired) electrons. The number of aryl methyl sites for hydroxylation is 1. The minimum absolute atomic E-state index is 0.0206. The van der Waals surface area contributed by atoms with Crippen molar-refractivity contribution in [3.05, 3.63) is 65.7 Å². The van der Waals surface area contributed by atoms with E-state index in [1.54, 1.807) is 43.5 Å². The zero-order valence-electron chi connectivity index (χ0n) is 12.1. The van der Waals surface area contributed by atoms with Crippen molar-refractivity contribution in [3.8, 4) is 5.75 Å². The summed E-state index contributed by atoms with van der Waals surface area (Å²) in [7, 11) is -1.68. The molecule has 2 aromatic carbocycles. The summed E-state index contributed by atoms with van der Waals surface area (Å²) in [5.41, 5.74) is 1.95. The molecule has 4 heteroatoms. The number of benzene rings is 2. The van der Waals surface area contributed by atoms with E-state index in [1.807, 2.05) is 31.2 Å². The third kappa shape index (κ3) is 4.20. The lowest BCUT2D eigenvalue weighted by Gasteiger charge is -2.02. The van der Waals surface area contributed by atoms with Gasteiger partial charge in [-0.2, -0.15) is 0 Å². The average molecular weight is 302 g/mol. The van der Waals surface area contributed by atoms with Gasteiger partial charge in [-0.3, -0.25) is 0 Å². The Bertz CT molecular complexity index is 729. The number of ether oxygens (including phenoxy) is 1. The molecule has 3 nitrogen and oxygen atoms in total. The third-order valence-corrected chi connectivity index (χ3v) is 4.72. The van der Waals surface area contributed by atoms with Crippen LogP contribution in [0.5, 0.6) is 5.75 Å². The summed E-state index contributed by atoms with van der Waals surface area (Å²) in [6, 6.07) is 14.4. The van der Waals surface area contributed by atoms with Gasteiger partial charge in [0.25, 0.3) is 0 Å². The Balaban J connectivity index is 2.10. The van der Waals surface area contributed by atoms with Crippen LogP contribution in [0.2, 0.25) is 0 Å². The van der Waals surface area contributed by atoms with Crippen molar-refractivity contribution in [1.29, 1.82) is 0 Å². The van der Waals surface area contributed by atoms with Gasteiger partial charge in [0.1, 0.15) is 5.75 Å². The highest BCUT2D eigenvalue weighted by molar-refractivity contribution is 7.91. The maximum atomic E-state index is 12.2. The predicted molar refractivity (Wildman–Crippen MR) is 85.3 cm³/mol. The number of sulfone groups is 1. The number of methoxy groups -OCH3 is 1. The van der Waals surface area contributed by atoms with Crippen molar-refractivity contribution >= 4 is 15.9 Å². The van der Waals surface area contributed by atoms with Crippen LogP contribution < -0.4 is 4.74 Å². The van der Waals surface area contributed by atoms with Crippen molar-refractivity contribution in [3.63, 3.8) is 0 Å². The van der Waals surface area contributed by atoms with Crippen LogP contribution in [0.4, 0.5) is 0 Å². The van der Waals surface area contributed by atoms with Gasteiger partial charge in [0, 0.05) is 0 Å². The first kappa shape index (κ1) is 15.3. The molecule has 0 aliphatic rings. The van der Waals surface area contributed by atoms with Crippen LogP contribution in [0.1, 0.15) is 11.1 Å². The van der Waals surface area contributed by atoms with Crippen LogP contribution in [0.15, 0.2) is 59.5 Å². The normalized spacial score (nSPS) is 11.7. The molecular formula is C17H18O3S. The minimum Gasteiger partial charge on any atom is -0.497 e. The second kappa shape index (κ2) is 6.59. The highest BCUT2D eigenvalue weighted by atomic mass is 32.2. The Hall–Kier alpha value is -2.07. The molecule has 110 valence electrons. The second-order valence-corrected chi connectivity index (χ2v) is 6.81. The van der Waals surface area contributed by atoms with Crippen molar-refractivity contribution in [1.82, 2.24) is 0 Å². The first-order chi connectivity index (χ1) is 10.0. The molecule has 2 rings (SSSR count). The zero-order valence-corrected chi connectivity index (χ0v) is 12.9. The monoisotopic (exact) mass is 302 g/mol. The van der Waals surface area contributed by atoms with E-state index in [2.05, 4.69) is 0 Å². The topological polar surface area (TPSA) is 43.4 Å². The Morgan fingerprint density at radius 3 is 2.48 bits per heavy atom. The molecule has 0 saturated heterocycles. The number of rotatable bonds is 5. The summed E-state index contributed by atoms with van der Waals surface area (Å²) in [4.78, 5) is 0.350. The van der Waals surface area contributed by atoms with E-state index in [4.69, 9.17) is 4.74 Å². The maximum Gasteiger partial charge on any atom is 0.181 e. The summed E-state index contributed by atoms with van der Waals surface area (Å²) in [5.74, 6) is 0.728. The molecule has 0 spiro atoms. The van der Waals surface area contributed by atoms with Crippen molar-refractivity contribution in [2.45, 2.75) is 11.8 Å². The van der Waals surface area contributed by atoms with Crippen molar-refractivity contribution in [2.75, 3.05) is 12.9 Å². The Morgan fingerprint density at radius 2 is 1.81 bits per heavy atom. The maximum absolute atomic E-state index is 12.2. The summed E-state index contributed by atoms with van der Waals surface area (Å²) in [6.45, 7) is 1.93. The van der Waals surface area contributed by atoms with Crippen LogP contribution in [0.3, 0.4) is 0 Å². The standard InChI is InChI=1S/C17H18O3S/c1-14-8-10-17(11-9-14)21(18,19)12-4-6-15-5-3-7-16(13-15)20-2/h3-11,13H,12H2,1-2H3/b6-4+. The minimum atomic E-state index is -3.28. The lowest BCUT2D eigenvalue weighted by Crippen LogP contribution is -2.04. The molecule has 21 heavy (non-hydrogen) atoms. The molecule has 0 fully saturated rings. The smallest absolute Gasteiger partial charge is 0.181 e. The zero-order chi connectivity index (χ0) is 15.3. The Morgan fingerprint density at radius 1 is 1.10 bits per heavy atom. The van der Waals surface area contributed by atoms with Gasteiger partial charge in [0.2, 0.25) is 0 Å². The fourth-order valence-corrected chi connectivity index (χ4v) is 2.99. The van der Waals surface area contributed by atoms with Crippen molar-refractivity contribution in [2.24, 2.45) is 0 Å². The first-order valence-electron chi connectivity index (χ1n) is 6.61. The van der Waals surface area contributed by atoms with Crippen LogP contribution in [-0.2, 0) is 9.84 Å². The largest absolute Gasteiger partial charge is 0.497 e. The SMILES string of the molecule is COc1cccc(/C=C/CS(=O)(=O)c2ccc(C)cc2)c1. The van der Waals surface area contributed by atoms with E-state index in [0.29, 0.717) is 4.90 Å². The van der Waals surface area contributed by atoms with Gasteiger partial charge in [-0.15, -0.1) is 0 Å². The lowest BCUT2D eigenvalue weighted by atomic mass is 10.2. The molecule has 0 N–H and O–H groups in total. The fourth-order valence-electron chi connectivity index (χ4n) is 1.90. The second-order valence-electron chi connectivity index (χ2n) is 4.77. The van der Waals surface area contributed by atoms with E-state index in [9.17, 15) is 8.42 Å². The third-order valence-electron chi connectivity index (χ3n) is 3.10. The molecule has 0 aliphatic carbocycles. The molecule has 0 atom stereocenters. The lowest BCUT2D eigenvalue weighted by molar-refractivity contribution is 0.414. The van der Waals surface area contributed by atoms with Crippen LogP contribution >= 0.6 is 0 Å². The molecule has 0 aliphatic heterocycles. The first-order valence-corrected chi connectivity index (χ1v) is 8.26. The molecule has 0 saturated carbocycles. The van der Waals surface area contributed by atoms with E-state index in [1.165, 1.54) is 0 Å². The highest BCUT2D eigenvalue weighted by Crippen LogP contribution is 2.15. The fraction of sp³-hybridized carbons (Fsp3) is 0.176. The quantitative estimate of drug-likeness (QED) is 0.849. The molecule has 0 heterocycles. The van der Waals surface area contributed by atoms with Gasteiger partial charge in [-0.1, -0.05) is 42.0 Å². The van der Waals surface area contributed by atoms with Crippen LogP contribution in [-0.4, -0.2) is 21.3 Å². The molecule has 2 aromatic rings. The molecule has 0 bridgehead atoms. The van der Waals surface area contributed by atoms with E-state index < -0.39 is 9.84 Å². The van der Waals surface area contributed by atoms with Crippen LogP contribution in [0, 0.1) is 6.92 Å². The van der Waals surface area contributed by atoms with E-state index >= 15 is 0 Å². The van der Waals surface area contributed by atoms with Gasteiger partial charge >= 0.3 is 0 Å². The number of hydrogen-bond donors (Lipinski definition) is 0. The average Bonchev–Trinajstić information content (AvgIpc) is 2.48. The molecule has 0 amide bonds. The summed E-state index contributed by atoms with van der Waals surface area (Å²) >= 11 is 0. The van der Waals surface area contributed by atoms with Gasteiger partial charge in [-0.05, 0) is 36.8 Å². The van der Waals surface area contributed by atoms with Crippen LogP contribution in [0.25, 0.3) is 6.08 Å². The summed E-state index contributed by atoms with van der Waals surface area (Å²) < 4.78 is 29.5. The van der Waals surface area contributed by atoms with Gasteiger partial charge < -0.3 is 4.74 Å². The molecule has 0 unspecified atom stereocenters. The van der Waals surface area contributed by atoms with E-state index in [-0.39, 0.29) is 5.75 Å². The predicted octanol–water partition coefficient (Wildman–Crippen LogP) is 3.49. The Kier molecular flexibility index (Phi) is 4.81. The summed E-state index contributed by atoms with van der Waals surface area (Å²) in [6.07, 6.45) is 3.44. The molecular weight excluding hydrogens is 284 g/mol. The van der Waals surface area contributed by atoms with Gasteiger partial charge in [0.15, 0.2) is 9.84 Å². The Labute approximate surface area is 125 Å². The van der Waals surface area contributed by atoms with Gasteiger partial charge in [0.05, 0.1) is 17.8 Å². The summed E-state index contributed by atoms with van der Waals surface area (Å²) in [5, 5.41) is 0. The van der Waals surface area contributed by atoms with Crippen molar-refractivity contribution < 1.29 is 13.2 Å². The molecule has 0 aromatic heterocycles. The van der Waals surface area contributed by atoms with E-state index in [0.717, 1.165) is 16.9 Å².